The number of nitriles is 1. The lowest BCUT2D eigenvalue weighted by molar-refractivity contribution is -0.150. The zero-order valence-electron chi connectivity index (χ0n) is 18.9. The van der Waals surface area contributed by atoms with Crippen LogP contribution in [-0.2, 0) is 19.1 Å². The molecule has 0 aliphatic carbocycles. The molecule has 0 bridgehead atoms. The minimum absolute atomic E-state index is 0.246. The number of benzene rings is 1. The molecule has 0 aromatic heterocycles. The van der Waals surface area contributed by atoms with Crippen molar-refractivity contribution >= 4 is 17.7 Å². The number of Topliss-reactive ketones (excluding diaryl/α,β-unsaturated/α-hetero) is 1. The van der Waals surface area contributed by atoms with Gasteiger partial charge in [0, 0.05) is 17.7 Å². The van der Waals surface area contributed by atoms with Crippen molar-refractivity contribution in [2.24, 2.45) is 11.1 Å². The molecule has 10 nitrogen and oxygen atoms in total. The summed E-state index contributed by atoms with van der Waals surface area (Å²) in [6, 6.07) is 3.16. The summed E-state index contributed by atoms with van der Waals surface area (Å²) in [7, 11) is 5.45. The van der Waals surface area contributed by atoms with Gasteiger partial charge in [0.05, 0.1) is 40.6 Å². The average Bonchev–Trinajstić information content (AvgIpc) is 3.13. The number of nitrogens with zero attached hydrogens (tertiary/aromatic N) is 2. The van der Waals surface area contributed by atoms with Crippen molar-refractivity contribution in [3.05, 3.63) is 41.6 Å². The van der Waals surface area contributed by atoms with Gasteiger partial charge in [0.15, 0.2) is 22.7 Å². The first kappa shape index (κ1) is 23.7. The molecule has 1 fully saturated rings. The number of hydrogen-bond acceptors (Lipinski definition) is 9. The molecule has 4 unspecified atom stereocenters. The van der Waals surface area contributed by atoms with E-state index in [2.05, 4.69) is 6.07 Å². The van der Waals surface area contributed by atoms with Crippen molar-refractivity contribution in [1.29, 1.82) is 5.26 Å². The van der Waals surface area contributed by atoms with Crippen LogP contribution in [0.2, 0.25) is 0 Å². The molecule has 1 amide bonds. The lowest BCUT2D eigenvalue weighted by Gasteiger charge is -2.32. The fourth-order valence-electron chi connectivity index (χ4n) is 4.67. The summed E-state index contributed by atoms with van der Waals surface area (Å²) < 4.78 is 21.3. The average molecular weight is 455 g/mol. The number of esters is 1. The molecule has 174 valence electrons. The summed E-state index contributed by atoms with van der Waals surface area (Å²) in [4.78, 5) is 39.4. The maximum atomic E-state index is 13.2. The molecular weight excluding hydrogens is 430 g/mol. The molecule has 1 aromatic carbocycles. The Balaban J connectivity index is 2.37. The van der Waals surface area contributed by atoms with E-state index in [1.54, 1.807) is 18.2 Å². The second-order valence-corrected chi connectivity index (χ2v) is 7.65. The van der Waals surface area contributed by atoms with Gasteiger partial charge in [-0.1, -0.05) is 12.2 Å². The molecule has 3 rings (SSSR count). The molecule has 0 spiro atoms. The van der Waals surface area contributed by atoms with Gasteiger partial charge < -0.3 is 29.6 Å². The van der Waals surface area contributed by atoms with E-state index in [0.29, 0.717) is 16.9 Å². The first-order valence-corrected chi connectivity index (χ1v) is 9.99. The molecule has 2 aliphatic rings. The van der Waals surface area contributed by atoms with E-state index in [9.17, 15) is 19.6 Å². The fourth-order valence-corrected chi connectivity index (χ4v) is 4.67. The molecule has 1 saturated heterocycles. The Labute approximate surface area is 191 Å². The number of methoxy groups -OCH3 is 4. The lowest BCUT2D eigenvalue weighted by atomic mass is 9.68. The molecule has 1 aromatic rings. The van der Waals surface area contributed by atoms with Gasteiger partial charge in [0.2, 0.25) is 11.7 Å². The van der Waals surface area contributed by atoms with Crippen LogP contribution in [0.15, 0.2) is 36.1 Å². The number of amides is 1. The fraction of sp³-hybridized carbons (Fsp3) is 0.391. The first-order valence-electron chi connectivity index (χ1n) is 9.99. The molecule has 2 heterocycles. The minimum atomic E-state index is -1.87. The summed E-state index contributed by atoms with van der Waals surface area (Å²) in [5, 5.41) is 10.4. The van der Waals surface area contributed by atoms with E-state index in [-0.39, 0.29) is 17.3 Å². The van der Waals surface area contributed by atoms with Crippen molar-refractivity contribution in [1.82, 2.24) is 4.90 Å². The second kappa shape index (κ2) is 8.86. The zero-order chi connectivity index (χ0) is 24.5. The highest BCUT2D eigenvalue weighted by Gasteiger charge is 2.66. The summed E-state index contributed by atoms with van der Waals surface area (Å²) in [5.41, 5.74) is 4.62. The van der Waals surface area contributed by atoms with Crippen molar-refractivity contribution in [2.75, 3.05) is 28.4 Å². The van der Waals surface area contributed by atoms with Crippen LogP contribution in [0.4, 0.5) is 0 Å². The summed E-state index contributed by atoms with van der Waals surface area (Å²) in [5.74, 6) is -2.11. The number of rotatable bonds is 7. The molecule has 0 saturated carbocycles. The van der Waals surface area contributed by atoms with Crippen LogP contribution >= 0.6 is 0 Å². The van der Waals surface area contributed by atoms with Crippen LogP contribution in [-0.4, -0.2) is 63.1 Å². The Morgan fingerprint density at radius 3 is 2.12 bits per heavy atom. The highest BCUT2D eigenvalue weighted by molar-refractivity contribution is 5.97. The molecule has 2 aliphatic heterocycles. The number of ketones is 1. The normalized spacial score (nSPS) is 25.4. The van der Waals surface area contributed by atoms with Crippen molar-refractivity contribution in [3.63, 3.8) is 0 Å². The number of hydrogen-bond donors (Lipinski definition) is 1. The molecular formula is C23H25N3O7. The van der Waals surface area contributed by atoms with E-state index < -0.39 is 35.3 Å². The number of carbonyl (C=O) groups excluding carboxylic acids is 3. The van der Waals surface area contributed by atoms with E-state index in [0.717, 1.165) is 0 Å². The van der Waals surface area contributed by atoms with Crippen LogP contribution in [0.25, 0.3) is 0 Å². The van der Waals surface area contributed by atoms with Crippen LogP contribution in [0.1, 0.15) is 18.4 Å². The van der Waals surface area contributed by atoms with Gasteiger partial charge in [0.25, 0.3) is 0 Å². The highest BCUT2D eigenvalue weighted by Crippen LogP contribution is 2.55. The van der Waals surface area contributed by atoms with Gasteiger partial charge in [0.1, 0.15) is 6.04 Å². The summed E-state index contributed by atoms with van der Waals surface area (Å²) in [6.45, 7) is 1.38. The number of allylic oxidation sites excluding steroid dienone is 2. The van der Waals surface area contributed by atoms with Gasteiger partial charge in [-0.25, -0.2) is 0 Å². The zero-order valence-corrected chi connectivity index (χ0v) is 18.9. The van der Waals surface area contributed by atoms with E-state index >= 15 is 0 Å². The molecule has 2 N–H and O–H groups in total. The predicted octanol–water partition coefficient (Wildman–Crippen LogP) is 1.06. The Kier molecular flexibility index (Phi) is 6.35. The maximum absolute atomic E-state index is 13.2. The van der Waals surface area contributed by atoms with Gasteiger partial charge >= 0.3 is 5.97 Å². The molecule has 10 heteroatoms. The predicted molar refractivity (Wildman–Crippen MR) is 115 cm³/mol. The van der Waals surface area contributed by atoms with E-state index in [1.807, 2.05) is 0 Å². The topological polar surface area (TPSA) is 141 Å². The SMILES string of the molecule is COC(=O)C1(C#N)C(c2cc(OC)c(OC)c(OC)c2)C(C(N)=O)N2C=C(C(C)=O)C=CC21. The van der Waals surface area contributed by atoms with Crippen LogP contribution in [0.5, 0.6) is 17.2 Å². The highest BCUT2D eigenvalue weighted by atomic mass is 16.5. The second-order valence-electron chi connectivity index (χ2n) is 7.65. The number of ether oxygens (including phenoxy) is 4. The Morgan fingerprint density at radius 1 is 1.09 bits per heavy atom. The summed E-state index contributed by atoms with van der Waals surface area (Å²) >= 11 is 0. The van der Waals surface area contributed by atoms with Crippen LogP contribution in [0, 0.1) is 16.7 Å². The Hall–Kier alpha value is -4.00. The third-order valence-corrected chi connectivity index (χ3v) is 6.11. The van der Waals surface area contributed by atoms with Crippen molar-refractivity contribution in [2.45, 2.75) is 24.9 Å². The standard InChI is InChI=1S/C23H25N3O7/c1-12(27)13-6-7-17-23(11-24,22(29)33-5)18(19(21(25)28)26(17)10-13)14-8-15(30-2)20(32-4)16(9-14)31-3/h6-10,17-19H,1-5H3,(H2,25,28). The van der Waals surface area contributed by atoms with Gasteiger partial charge in [-0.3, -0.25) is 14.4 Å². The van der Waals surface area contributed by atoms with Crippen LogP contribution in [0.3, 0.4) is 0 Å². The minimum Gasteiger partial charge on any atom is -0.493 e. The molecule has 0 radical (unpaired) electrons. The van der Waals surface area contributed by atoms with Gasteiger partial charge in [-0.2, -0.15) is 5.26 Å². The van der Waals surface area contributed by atoms with Gasteiger partial charge in [-0.15, -0.1) is 0 Å². The number of nitrogens with two attached hydrogens (primary N) is 1. The lowest BCUT2D eigenvalue weighted by Crippen LogP contribution is -2.45. The smallest absolute Gasteiger partial charge is 0.329 e. The van der Waals surface area contributed by atoms with Gasteiger partial charge in [-0.05, 0) is 24.6 Å². The first-order chi connectivity index (χ1) is 15.7. The van der Waals surface area contributed by atoms with E-state index in [1.165, 1.54) is 52.5 Å². The Bertz CT molecular complexity index is 1080. The molecule has 4 atom stereocenters. The maximum Gasteiger partial charge on any atom is 0.329 e. The number of primary amides is 1. The quantitative estimate of drug-likeness (QED) is 0.597. The Morgan fingerprint density at radius 2 is 1.70 bits per heavy atom. The summed E-state index contributed by atoms with van der Waals surface area (Å²) in [6.07, 6.45) is 4.52. The monoisotopic (exact) mass is 455 g/mol. The third kappa shape index (κ3) is 3.46. The van der Waals surface area contributed by atoms with E-state index in [4.69, 9.17) is 24.7 Å². The largest absolute Gasteiger partial charge is 0.493 e. The van der Waals surface area contributed by atoms with Crippen molar-refractivity contribution < 1.29 is 33.3 Å². The van der Waals surface area contributed by atoms with Crippen LogP contribution < -0.4 is 19.9 Å². The third-order valence-electron chi connectivity index (χ3n) is 6.11. The van der Waals surface area contributed by atoms with Crippen molar-refractivity contribution in [3.8, 4) is 23.3 Å². The molecule has 33 heavy (non-hydrogen) atoms. The number of fused-ring (bicyclic) bond motifs is 1. The number of carbonyl (C=O) groups is 3.